The van der Waals surface area contributed by atoms with E-state index in [0.717, 1.165) is 52.0 Å². The van der Waals surface area contributed by atoms with Gasteiger partial charge in [0.1, 0.15) is 5.82 Å². The highest BCUT2D eigenvalue weighted by molar-refractivity contribution is 7.18. The first-order chi connectivity index (χ1) is 11.7. The fourth-order valence-corrected chi connectivity index (χ4v) is 4.04. The maximum atomic E-state index is 6.17. The number of aromatic nitrogens is 1. The Balaban J connectivity index is 1.81. The minimum Gasteiger partial charge on any atom is -0.399 e. The Morgan fingerprint density at radius 2 is 2.04 bits per heavy atom. The van der Waals surface area contributed by atoms with Crippen LogP contribution in [0.4, 0.5) is 11.5 Å². The molecule has 0 bridgehead atoms. The molecule has 1 atom stereocenters. The first-order valence-corrected chi connectivity index (χ1v) is 8.84. The standard InChI is InChI=1S/C19H18N4S/c20-15-5-3-13(4-6-15)16-11-24-18-14(10-23-19(21)17(16)18)2-1-12-7-8-22-9-12/h3-6,10-12,22H,7-9,20H2,(H2,21,23)/t12-/m1/s1. The number of thiophene rings is 1. The molecule has 0 spiro atoms. The highest BCUT2D eigenvalue weighted by Gasteiger charge is 2.14. The molecule has 0 radical (unpaired) electrons. The molecule has 3 aromatic rings. The van der Waals surface area contributed by atoms with Crippen molar-refractivity contribution in [1.29, 1.82) is 0 Å². The van der Waals surface area contributed by atoms with Crippen molar-refractivity contribution in [3.63, 3.8) is 0 Å². The van der Waals surface area contributed by atoms with Gasteiger partial charge in [-0.15, -0.1) is 11.3 Å². The van der Waals surface area contributed by atoms with Gasteiger partial charge in [-0.3, -0.25) is 0 Å². The van der Waals surface area contributed by atoms with Gasteiger partial charge >= 0.3 is 0 Å². The predicted molar refractivity (Wildman–Crippen MR) is 102 cm³/mol. The molecule has 3 heterocycles. The van der Waals surface area contributed by atoms with Crippen molar-refractivity contribution in [2.75, 3.05) is 24.6 Å². The Labute approximate surface area is 144 Å². The summed E-state index contributed by atoms with van der Waals surface area (Å²) in [7, 11) is 0. The summed E-state index contributed by atoms with van der Waals surface area (Å²) < 4.78 is 1.10. The van der Waals surface area contributed by atoms with Crippen molar-refractivity contribution >= 4 is 32.9 Å². The number of fused-ring (bicyclic) bond motifs is 1. The predicted octanol–water partition coefficient (Wildman–Crippen LogP) is 3.09. The van der Waals surface area contributed by atoms with Crippen molar-refractivity contribution in [3.8, 4) is 23.0 Å². The van der Waals surface area contributed by atoms with E-state index >= 15 is 0 Å². The molecule has 1 aliphatic heterocycles. The number of benzene rings is 1. The van der Waals surface area contributed by atoms with Gasteiger partial charge in [-0.25, -0.2) is 4.98 Å². The van der Waals surface area contributed by atoms with Gasteiger partial charge in [-0.1, -0.05) is 24.0 Å². The summed E-state index contributed by atoms with van der Waals surface area (Å²) in [4.78, 5) is 4.37. The van der Waals surface area contributed by atoms with Crippen LogP contribution in [0.5, 0.6) is 0 Å². The van der Waals surface area contributed by atoms with Crippen LogP contribution in [0, 0.1) is 17.8 Å². The monoisotopic (exact) mass is 334 g/mol. The minimum atomic E-state index is 0.425. The van der Waals surface area contributed by atoms with Crippen LogP contribution in [-0.4, -0.2) is 18.1 Å². The fourth-order valence-electron chi connectivity index (χ4n) is 2.99. The number of nitrogen functional groups attached to an aromatic ring is 2. The van der Waals surface area contributed by atoms with Crippen molar-refractivity contribution in [1.82, 2.24) is 10.3 Å². The van der Waals surface area contributed by atoms with E-state index in [0.29, 0.717) is 11.7 Å². The molecule has 0 unspecified atom stereocenters. The lowest BCUT2D eigenvalue weighted by atomic mass is 10.0. The lowest BCUT2D eigenvalue weighted by Crippen LogP contribution is -2.07. The van der Waals surface area contributed by atoms with Crippen molar-refractivity contribution in [3.05, 3.63) is 41.4 Å². The van der Waals surface area contributed by atoms with Gasteiger partial charge in [0.2, 0.25) is 0 Å². The lowest BCUT2D eigenvalue weighted by Gasteiger charge is -2.04. The number of nitrogens with zero attached hydrogens (tertiary/aromatic N) is 1. The molecule has 4 nitrogen and oxygen atoms in total. The minimum absolute atomic E-state index is 0.425. The Morgan fingerprint density at radius 3 is 2.79 bits per heavy atom. The van der Waals surface area contributed by atoms with Gasteiger partial charge in [0.25, 0.3) is 0 Å². The highest BCUT2D eigenvalue weighted by Crippen LogP contribution is 2.38. The fraction of sp³-hybridized carbons (Fsp3) is 0.211. The quantitative estimate of drug-likeness (QED) is 0.472. The Hall–Kier alpha value is -2.55. The second kappa shape index (κ2) is 6.16. The Morgan fingerprint density at radius 1 is 1.21 bits per heavy atom. The number of pyridine rings is 1. The maximum Gasteiger partial charge on any atom is 0.132 e. The molecule has 1 aromatic carbocycles. The van der Waals surface area contributed by atoms with Gasteiger partial charge in [-0.2, -0.15) is 0 Å². The summed E-state index contributed by atoms with van der Waals surface area (Å²) in [5, 5.41) is 6.45. The van der Waals surface area contributed by atoms with Crippen molar-refractivity contribution in [2.24, 2.45) is 5.92 Å². The third kappa shape index (κ3) is 2.71. The number of rotatable bonds is 1. The molecule has 1 saturated heterocycles. The van der Waals surface area contributed by atoms with Crippen molar-refractivity contribution in [2.45, 2.75) is 6.42 Å². The average molecular weight is 334 g/mol. The van der Waals surface area contributed by atoms with E-state index in [2.05, 4.69) is 27.5 Å². The van der Waals surface area contributed by atoms with E-state index in [1.165, 1.54) is 0 Å². The summed E-state index contributed by atoms with van der Waals surface area (Å²) in [6, 6.07) is 7.83. The zero-order valence-electron chi connectivity index (χ0n) is 13.2. The summed E-state index contributed by atoms with van der Waals surface area (Å²) in [5.74, 6) is 7.65. The second-order valence-corrected chi connectivity index (χ2v) is 6.87. The van der Waals surface area contributed by atoms with Crippen LogP contribution in [0.15, 0.2) is 35.8 Å². The van der Waals surface area contributed by atoms with Crippen LogP contribution in [-0.2, 0) is 0 Å². The molecule has 24 heavy (non-hydrogen) atoms. The molecule has 2 aromatic heterocycles. The molecule has 1 aliphatic rings. The van der Waals surface area contributed by atoms with E-state index < -0.39 is 0 Å². The molecular formula is C19H18N4S. The number of anilines is 2. The van der Waals surface area contributed by atoms with E-state index in [1.807, 2.05) is 24.3 Å². The normalized spacial score (nSPS) is 16.9. The van der Waals surface area contributed by atoms with E-state index in [9.17, 15) is 0 Å². The van der Waals surface area contributed by atoms with Gasteiger partial charge < -0.3 is 16.8 Å². The molecule has 5 heteroatoms. The van der Waals surface area contributed by atoms with Crippen molar-refractivity contribution < 1.29 is 0 Å². The third-order valence-corrected chi connectivity index (χ3v) is 5.33. The first-order valence-electron chi connectivity index (χ1n) is 7.96. The molecule has 5 N–H and O–H groups in total. The molecular weight excluding hydrogens is 316 g/mol. The summed E-state index contributed by atoms with van der Waals surface area (Å²) in [5.41, 5.74) is 15.8. The van der Waals surface area contributed by atoms with Crippen LogP contribution in [0.1, 0.15) is 12.0 Å². The van der Waals surface area contributed by atoms with Crippen LogP contribution >= 0.6 is 11.3 Å². The van der Waals surface area contributed by atoms with Gasteiger partial charge in [-0.05, 0) is 36.0 Å². The van der Waals surface area contributed by atoms with Gasteiger partial charge in [0.05, 0.1) is 10.3 Å². The van der Waals surface area contributed by atoms with E-state index in [1.54, 1.807) is 17.5 Å². The molecule has 4 rings (SSSR count). The SMILES string of the molecule is Nc1ccc(-c2csc3c(C#C[C@@H]4CCNC4)cnc(N)c23)cc1. The largest absolute Gasteiger partial charge is 0.399 e. The van der Waals surface area contributed by atoms with E-state index in [-0.39, 0.29) is 0 Å². The number of hydrogen-bond donors (Lipinski definition) is 3. The second-order valence-electron chi connectivity index (χ2n) is 5.99. The molecule has 0 saturated carbocycles. The number of nitrogens with one attached hydrogen (secondary N) is 1. The smallest absolute Gasteiger partial charge is 0.132 e. The molecule has 1 fully saturated rings. The average Bonchev–Trinajstić information content (AvgIpc) is 3.25. The number of hydrogen-bond acceptors (Lipinski definition) is 5. The Bertz CT molecular complexity index is 941. The first kappa shape index (κ1) is 15.0. The third-order valence-electron chi connectivity index (χ3n) is 4.32. The Kier molecular flexibility index (Phi) is 3.85. The molecule has 0 aliphatic carbocycles. The van der Waals surface area contributed by atoms with Gasteiger partial charge in [0.15, 0.2) is 0 Å². The number of nitrogens with two attached hydrogens (primary N) is 2. The highest BCUT2D eigenvalue weighted by atomic mass is 32.1. The summed E-state index contributed by atoms with van der Waals surface area (Å²) >= 11 is 1.67. The van der Waals surface area contributed by atoms with Crippen LogP contribution < -0.4 is 16.8 Å². The molecule has 120 valence electrons. The van der Waals surface area contributed by atoms with Crippen LogP contribution in [0.2, 0.25) is 0 Å². The summed E-state index contributed by atoms with van der Waals surface area (Å²) in [6.07, 6.45) is 2.90. The van der Waals surface area contributed by atoms with Crippen LogP contribution in [0.25, 0.3) is 21.2 Å². The van der Waals surface area contributed by atoms with Gasteiger partial charge in [0, 0.05) is 35.3 Å². The topological polar surface area (TPSA) is 77.0 Å². The molecule has 0 amide bonds. The van der Waals surface area contributed by atoms with Crippen LogP contribution in [0.3, 0.4) is 0 Å². The lowest BCUT2D eigenvalue weighted by molar-refractivity contribution is 0.755. The van der Waals surface area contributed by atoms with E-state index in [4.69, 9.17) is 11.5 Å². The zero-order chi connectivity index (χ0) is 16.5. The summed E-state index contributed by atoms with van der Waals surface area (Å²) in [6.45, 7) is 2.02. The zero-order valence-corrected chi connectivity index (χ0v) is 14.0. The maximum absolute atomic E-state index is 6.17.